The fourth-order valence-electron chi connectivity index (χ4n) is 2.82. The van der Waals surface area contributed by atoms with E-state index >= 15 is 0 Å². The molecule has 0 atom stereocenters. The molecule has 1 aliphatic rings. The van der Waals surface area contributed by atoms with Gasteiger partial charge in [-0.05, 0) is 56.0 Å². The zero-order chi connectivity index (χ0) is 16.2. The molecule has 23 heavy (non-hydrogen) atoms. The van der Waals surface area contributed by atoms with Crippen molar-refractivity contribution in [3.05, 3.63) is 47.7 Å². The highest BCUT2D eigenvalue weighted by Crippen LogP contribution is 2.22. The second kappa shape index (κ2) is 6.69. The van der Waals surface area contributed by atoms with Crippen LogP contribution in [0, 0.1) is 6.92 Å². The third-order valence-electron chi connectivity index (χ3n) is 4.11. The van der Waals surface area contributed by atoms with Crippen LogP contribution in [0.2, 0.25) is 0 Å². The van der Waals surface area contributed by atoms with Gasteiger partial charge in [0.05, 0.1) is 17.4 Å². The van der Waals surface area contributed by atoms with Gasteiger partial charge < -0.3 is 15.3 Å². The number of carbonyl (C=O) groups excluding carboxylic acids is 1. The van der Waals surface area contributed by atoms with E-state index in [1.807, 2.05) is 13.0 Å². The molecule has 0 aliphatic carbocycles. The summed E-state index contributed by atoms with van der Waals surface area (Å²) in [5.74, 6) is 0.101. The number of aryl methyl sites for hydroxylation is 1. The topological polar surface area (TPSA) is 65.5 Å². The number of nitrogens with zero attached hydrogens (tertiary/aromatic N) is 2. The molecule has 0 unspecified atom stereocenters. The molecule has 120 valence electrons. The molecule has 1 aliphatic heterocycles. The highest BCUT2D eigenvalue weighted by molar-refractivity contribution is 6.05. The van der Waals surface area contributed by atoms with Gasteiger partial charge in [0.1, 0.15) is 11.6 Å². The van der Waals surface area contributed by atoms with Gasteiger partial charge in [-0.3, -0.25) is 4.79 Å². The molecule has 1 amide bonds. The molecule has 1 aromatic carbocycles. The van der Waals surface area contributed by atoms with Crippen LogP contribution in [0.5, 0.6) is 5.75 Å². The molecule has 1 aromatic heterocycles. The van der Waals surface area contributed by atoms with Crippen LogP contribution in [0.15, 0.2) is 36.5 Å². The summed E-state index contributed by atoms with van der Waals surface area (Å²) in [5, 5.41) is 12.6. The van der Waals surface area contributed by atoms with Crippen molar-refractivity contribution in [2.75, 3.05) is 23.3 Å². The number of benzene rings is 1. The highest BCUT2D eigenvalue weighted by atomic mass is 16.3. The molecule has 1 fully saturated rings. The van der Waals surface area contributed by atoms with Crippen molar-refractivity contribution >= 4 is 17.4 Å². The van der Waals surface area contributed by atoms with Crippen molar-refractivity contribution in [3.63, 3.8) is 0 Å². The first-order chi connectivity index (χ1) is 11.1. The minimum Gasteiger partial charge on any atom is -0.507 e. The normalized spacial score (nSPS) is 14.6. The average Bonchev–Trinajstić information content (AvgIpc) is 2.56. The minimum absolute atomic E-state index is 0.0209. The first-order valence-corrected chi connectivity index (χ1v) is 7.95. The molecule has 0 saturated carbocycles. The van der Waals surface area contributed by atoms with E-state index < -0.39 is 0 Å². The largest absolute Gasteiger partial charge is 0.507 e. The monoisotopic (exact) mass is 311 g/mol. The molecule has 5 heteroatoms. The fraction of sp³-hybridized carbons (Fsp3) is 0.333. The van der Waals surface area contributed by atoms with Crippen molar-refractivity contribution in [3.8, 4) is 5.75 Å². The lowest BCUT2D eigenvalue weighted by atomic mass is 10.1. The molecule has 2 aromatic rings. The zero-order valence-corrected chi connectivity index (χ0v) is 13.2. The van der Waals surface area contributed by atoms with Gasteiger partial charge in [0, 0.05) is 13.1 Å². The van der Waals surface area contributed by atoms with E-state index in [4.69, 9.17) is 0 Å². The number of phenolic OH excluding ortho intramolecular Hbond substituents is 1. The smallest absolute Gasteiger partial charge is 0.260 e. The number of pyridine rings is 1. The summed E-state index contributed by atoms with van der Waals surface area (Å²) >= 11 is 0. The van der Waals surface area contributed by atoms with Gasteiger partial charge in [-0.2, -0.15) is 0 Å². The van der Waals surface area contributed by atoms with Crippen molar-refractivity contribution in [1.82, 2.24) is 4.98 Å². The summed E-state index contributed by atoms with van der Waals surface area (Å²) in [5.41, 5.74) is 2.24. The number of phenols is 1. The van der Waals surface area contributed by atoms with Crippen LogP contribution in [0.25, 0.3) is 0 Å². The van der Waals surface area contributed by atoms with E-state index in [0.29, 0.717) is 5.82 Å². The number of aromatic nitrogens is 1. The Hall–Kier alpha value is -2.56. The zero-order valence-electron chi connectivity index (χ0n) is 13.2. The number of rotatable bonds is 3. The Kier molecular flexibility index (Phi) is 4.46. The molecule has 0 bridgehead atoms. The third-order valence-corrected chi connectivity index (χ3v) is 4.11. The van der Waals surface area contributed by atoms with E-state index in [1.54, 1.807) is 30.5 Å². The maximum atomic E-state index is 12.2. The molecular weight excluding hydrogens is 290 g/mol. The predicted molar refractivity (Wildman–Crippen MR) is 91.1 cm³/mol. The van der Waals surface area contributed by atoms with Gasteiger partial charge >= 0.3 is 0 Å². The van der Waals surface area contributed by atoms with Crippen LogP contribution in [-0.4, -0.2) is 29.1 Å². The Morgan fingerprint density at radius 3 is 2.61 bits per heavy atom. The van der Waals surface area contributed by atoms with Crippen molar-refractivity contribution in [2.45, 2.75) is 26.2 Å². The van der Waals surface area contributed by atoms with Crippen LogP contribution >= 0.6 is 0 Å². The summed E-state index contributed by atoms with van der Waals surface area (Å²) < 4.78 is 0. The van der Waals surface area contributed by atoms with Gasteiger partial charge in [0.25, 0.3) is 5.91 Å². The van der Waals surface area contributed by atoms with Gasteiger partial charge in [-0.1, -0.05) is 6.07 Å². The van der Waals surface area contributed by atoms with E-state index in [2.05, 4.69) is 15.2 Å². The number of anilines is 2. The summed E-state index contributed by atoms with van der Waals surface area (Å²) in [6.45, 7) is 3.98. The Labute approximate surface area is 136 Å². The number of hydrogen-bond acceptors (Lipinski definition) is 4. The first-order valence-electron chi connectivity index (χ1n) is 7.95. The Morgan fingerprint density at radius 1 is 1.17 bits per heavy atom. The molecule has 2 heterocycles. The highest BCUT2D eigenvalue weighted by Gasteiger charge is 2.13. The van der Waals surface area contributed by atoms with E-state index in [1.165, 1.54) is 19.3 Å². The van der Waals surface area contributed by atoms with Crippen LogP contribution in [0.3, 0.4) is 0 Å². The first kappa shape index (κ1) is 15.3. The van der Waals surface area contributed by atoms with Crippen LogP contribution < -0.4 is 10.2 Å². The van der Waals surface area contributed by atoms with Crippen LogP contribution in [0.4, 0.5) is 11.5 Å². The fourth-order valence-corrected chi connectivity index (χ4v) is 2.82. The van der Waals surface area contributed by atoms with E-state index in [9.17, 15) is 9.90 Å². The number of carbonyl (C=O) groups is 1. The van der Waals surface area contributed by atoms with Crippen LogP contribution in [-0.2, 0) is 0 Å². The summed E-state index contributed by atoms with van der Waals surface area (Å²) in [4.78, 5) is 18.8. The SMILES string of the molecule is Cc1ccc(C(=O)Nc2ccc(N3CCCCC3)cn2)c(O)c1. The maximum Gasteiger partial charge on any atom is 0.260 e. The second-order valence-electron chi connectivity index (χ2n) is 5.92. The van der Waals surface area contributed by atoms with Crippen molar-refractivity contribution in [1.29, 1.82) is 0 Å². The molecule has 3 rings (SSSR count). The lowest BCUT2D eigenvalue weighted by Gasteiger charge is -2.28. The molecule has 0 spiro atoms. The van der Waals surface area contributed by atoms with Crippen LogP contribution in [0.1, 0.15) is 35.2 Å². The molecule has 1 saturated heterocycles. The average molecular weight is 311 g/mol. The standard InChI is InChI=1S/C18H21N3O2/c1-13-5-7-15(16(22)11-13)18(23)20-17-8-6-14(12-19-17)21-9-3-2-4-10-21/h5-8,11-12,22H,2-4,9-10H2,1H3,(H,19,20,23). The Morgan fingerprint density at radius 2 is 1.96 bits per heavy atom. The minimum atomic E-state index is -0.360. The summed E-state index contributed by atoms with van der Waals surface area (Å²) in [6, 6.07) is 8.75. The lowest BCUT2D eigenvalue weighted by Crippen LogP contribution is -2.29. The van der Waals surface area contributed by atoms with E-state index in [0.717, 1.165) is 24.3 Å². The predicted octanol–water partition coefficient (Wildman–Crippen LogP) is 3.34. The number of hydrogen-bond donors (Lipinski definition) is 2. The number of amides is 1. The maximum absolute atomic E-state index is 12.2. The van der Waals surface area contributed by atoms with Crippen molar-refractivity contribution in [2.24, 2.45) is 0 Å². The molecular formula is C18H21N3O2. The Balaban J connectivity index is 1.69. The molecule has 5 nitrogen and oxygen atoms in total. The van der Waals surface area contributed by atoms with Gasteiger partial charge in [0.2, 0.25) is 0 Å². The summed E-state index contributed by atoms with van der Waals surface area (Å²) in [6.07, 6.45) is 5.50. The van der Waals surface area contributed by atoms with E-state index in [-0.39, 0.29) is 17.2 Å². The number of nitrogens with one attached hydrogen (secondary N) is 1. The third kappa shape index (κ3) is 3.62. The van der Waals surface area contributed by atoms with Gasteiger partial charge in [-0.15, -0.1) is 0 Å². The quantitative estimate of drug-likeness (QED) is 0.912. The number of aromatic hydroxyl groups is 1. The van der Waals surface area contributed by atoms with Crippen molar-refractivity contribution < 1.29 is 9.90 Å². The van der Waals surface area contributed by atoms with Gasteiger partial charge in [0.15, 0.2) is 0 Å². The molecule has 2 N–H and O–H groups in total. The Bertz CT molecular complexity index is 692. The molecule has 0 radical (unpaired) electrons. The summed E-state index contributed by atoms with van der Waals surface area (Å²) in [7, 11) is 0. The number of piperidine rings is 1. The second-order valence-corrected chi connectivity index (χ2v) is 5.92. The van der Waals surface area contributed by atoms with Gasteiger partial charge in [-0.25, -0.2) is 4.98 Å². The lowest BCUT2D eigenvalue weighted by molar-refractivity contribution is 0.102.